The van der Waals surface area contributed by atoms with E-state index in [0.717, 1.165) is 25.3 Å². The Bertz CT molecular complexity index is 381. The Balaban J connectivity index is 2.23. The summed E-state index contributed by atoms with van der Waals surface area (Å²) in [6, 6.07) is 3.88. The Morgan fingerprint density at radius 2 is 2.06 bits per heavy atom. The molecule has 2 atom stereocenters. The molecule has 1 aliphatic rings. The predicted octanol–water partition coefficient (Wildman–Crippen LogP) is 2.28. The van der Waals surface area contributed by atoms with Crippen molar-refractivity contribution in [2.45, 2.75) is 31.3 Å². The van der Waals surface area contributed by atoms with Crippen LogP contribution in [0, 0.1) is 11.6 Å². The van der Waals surface area contributed by atoms with E-state index in [1.54, 1.807) is 0 Å². The molecule has 0 spiro atoms. The first-order valence-corrected chi connectivity index (χ1v) is 5.53. The van der Waals surface area contributed by atoms with Crippen LogP contribution in [0.1, 0.15) is 19.3 Å². The van der Waals surface area contributed by atoms with Crippen LogP contribution in [0.5, 0.6) is 0 Å². The zero-order valence-electron chi connectivity index (χ0n) is 9.29. The molecule has 0 radical (unpaired) electrons. The minimum atomic E-state index is -0.551. The molecule has 0 amide bonds. The van der Waals surface area contributed by atoms with Gasteiger partial charge in [-0.25, -0.2) is 8.78 Å². The van der Waals surface area contributed by atoms with Crippen molar-refractivity contribution < 1.29 is 8.78 Å². The van der Waals surface area contributed by atoms with E-state index in [9.17, 15) is 8.78 Å². The molecular weight excluding hydrogens is 210 g/mol. The van der Waals surface area contributed by atoms with Gasteiger partial charge < -0.3 is 10.6 Å². The number of nitrogens with zero attached hydrogens (tertiary/aromatic N) is 1. The highest BCUT2D eigenvalue weighted by Gasteiger charge is 2.28. The average Bonchev–Trinajstić information content (AvgIpc) is 2.63. The van der Waals surface area contributed by atoms with Crippen molar-refractivity contribution in [3.8, 4) is 0 Å². The molecule has 0 heterocycles. The third-order valence-electron chi connectivity index (χ3n) is 3.32. The van der Waals surface area contributed by atoms with Crippen molar-refractivity contribution in [3.05, 3.63) is 29.8 Å². The summed E-state index contributed by atoms with van der Waals surface area (Å²) in [5, 5.41) is 0. The summed E-state index contributed by atoms with van der Waals surface area (Å²) in [7, 11) is 1.81. The zero-order chi connectivity index (χ0) is 11.7. The van der Waals surface area contributed by atoms with Gasteiger partial charge in [0.05, 0.1) is 5.69 Å². The molecule has 0 aliphatic heterocycles. The van der Waals surface area contributed by atoms with Crippen LogP contribution in [0.3, 0.4) is 0 Å². The minimum absolute atomic E-state index is 0.0782. The molecule has 1 aromatic carbocycles. The van der Waals surface area contributed by atoms with Crippen molar-refractivity contribution in [2.24, 2.45) is 5.73 Å². The predicted molar refractivity (Wildman–Crippen MR) is 60.4 cm³/mol. The lowest BCUT2D eigenvalue weighted by Crippen LogP contribution is -2.42. The molecule has 2 nitrogen and oxygen atoms in total. The summed E-state index contributed by atoms with van der Waals surface area (Å²) in [5.41, 5.74) is 6.38. The molecule has 1 fully saturated rings. The third kappa shape index (κ3) is 2.02. The summed E-state index contributed by atoms with van der Waals surface area (Å²) in [4.78, 5) is 1.83. The molecule has 0 saturated heterocycles. The van der Waals surface area contributed by atoms with Gasteiger partial charge in [0.15, 0.2) is 0 Å². The van der Waals surface area contributed by atoms with Crippen LogP contribution in [0.25, 0.3) is 0 Å². The van der Waals surface area contributed by atoms with E-state index in [1.807, 2.05) is 11.9 Å². The molecule has 1 aliphatic carbocycles. The highest BCUT2D eigenvalue weighted by molar-refractivity contribution is 5.48. The van der Waals surface area contributed by atoms with Gasteiger partial charge in [-0.3, -0.25) is 0 Å². The van der Waals surface area contributed by atoms with Gasteiger partial charge in [-0.05, 0) is 31.4 Å². The number of rotatable bonds is 2. The van der Waals surface area contributed by atoms with Crippen molar-refractivity contribution >= 4 is 5.69 Å². The Morgan fingerprint density at radius 3 is 2.62 bits per heavy atom. The van der Waals surface area contributed by atoms with Gasteiger partial charge in [0.1, 0.15) is 11.6 Å². The molecule has 2 rings (SSSR count). The first-order valence-electron chi connectivity index (χ1n) is 5.53. The van der Waals surface area contributed by atoms with E-state index in [-0.39, 0.29) is 12.1 Å². The first kappa shape index (κ1) is 11.3. The lowest BCUT2D eigenvalue weighted by molar-refractivity contribution is 0.545. The molecule has 4 heteroatoms. The van der Waals surface area contributed by atoms with Crippen LogP contribution in [-0.4, -0.2) is 19.1 Å². The number of likely N-dealkylation sites (N-methyl/N-ethyl adjacent to an activating group) is 1. The van der Waals surface area contributed by atoms with Gasteiger partial charge in [0, 0.05) is 25.2 Å². The Morgan fingerprint density at radius 1 is 1.31 bits per heavy atom. The summed E-state index contributed by atoms with van der Waals surface area (Å²) in [5.74, 6) is -1.08. The maximum Gasteiger partial charge on any atom is 0.149 e. The highest BCUT2D eigenvalue weighted by atomic mass is 19.1. The largest absolute Gasteiger partial charge is 0.368 e. The molecule has 2 N–H and O–H groups in total. The average molecular weight is 226 g/mol. The number of hydrogen-bond acceptors (Lipinski definition) is 2. The van der Waals surface area contributed by atoms with Gasteiger partial charge in [-0.2, -0.15) is 0 Å². The Hall–Kier alpha value is -1.16. The minimum Gasteiger partial charge on any atom is -0.368 e. The van der Waals surface area contributed by atoms with E-state index >= 15 is 0 Å². The number of hydrogen-bond donors (Lipinski definition) is 1. The lowest BCUT2D eigenvalue weighted by atomic mass is 10.1. The quantitative estimate of drug-likeness (QED) is 0.838. The molecular formula is C12H16F2N2. The number of benzene rings is 1. The second-order valence-electron chi connectivity index (χ2n) is 4.37. The van der Waals surface area contributed by atoms with Crippen molar-refractivity contribution in [1.82, 2.24) is 0 Å². The van der Waals surface area contributed by atoms with Crippen LogP contribution in [-0.2, 0) is 0 Å². The van der Waals surface area contributed by atoms with Crippen molar-refractivity contribution in [3.63, 3.8) is 0 Å². The van der Waals surface area contributed by atoms with Gasteiger partial charge in [-0.1, -0.05) is 0 Å². The van der Waals surface area contributed by atoms with Crippen LogP contribution in [0.4, 0.5) is 14.5 Å². The molecule has 1 saturated carbocycles. The van der Waals surface area contributed by atoms with E-state index < -0.39 is 11.6 Å². The smallest absolute Gasteiger partial charge is 0.149 e. The van der Waals surface area contributed by atoms with Gasteiger partial charge in [-0.15, -0.1) is 0 Å². The number of halogens is 2. The normalized spacial score (nSPS) is 24.8. The standard InChI is InChI=1S/C12H16F2N2/c1-16(12-4-2-3-10(12)15)11-6-5-8(13)7-9(11)14/h5-7,10,12H,2-4,15H2,1H3. The van der Waals surface area contributed by atoms with Crippen LogP contribution in [0.15, 0.2) is 18.2 Å². The van der Waals surface area contributed by atoms with Gasteiger partial charge >= 0.3 is 0 Å². The van der Waals surface area contributed by atoms with E-state index in [4.69, 9.17) is 5.73 Å². The molecule has 16 heavy (non-hydrogen) atoms. The van der Waals surface area contributed by atoms with E-state index in [1.165, 1.54) is 12.1 Å². The molecule has 0 bridgehead atoms. The Kier molecular flexibility index (Phi) is 3.10. The van der Waals surface area contributed by atoms with Crippen LogP contribution >= 0.6 is 0 Å². The topological polar surface area (TPSA) is 29.3 Å². The Labute approximate surface area is 94.0 Å². The maximum absolute atomic E-state index is 13.6. The van der Waals surface area contributed by atoms with Crippen LogP contribution < -0.4 is 10.6 Å². The molecule has 88 valence electrons. The second-order valence-corrected chi connectivity index (χ2v) is 4.37. The van der Waals surface area contributed by atoms with Crippen molar-refractivity contribution in [1.29, 1.82) is 0 Å². The highest BCUT2D eigenvalue weighted by Crippen LogP contribution is 2.28. The molecule has 1 aromatic rings. The summed E-state index contributed by atoms with van der Waals surface area (Å²) in [6.07, 6.45) is 3.01. The first-order chi connectivity index (χ1) is 7.59. The number of nitrogens with two attached hydrogens (primary N) is 1. The summed E-state index contributed by atoms with van der Waals surface area (Å²) in [6.45, 7) is 0. The van der Waals surface area contributed by atoms with Gasteiger partial charge in [0.2, 0.25) is 0 Å². The van der Waals surface area contributed by atoms with Crippen LogP contribution in [0.2, 0.25) is 0 Å². The number of anilines is 1. The fourth-order valence-electron chi connectivity index (χ4n) is 2.40. The maximum atomic E-state index is 13.6. The monoisotopic (exact) mass is 226 g/mol. The third-order valence-corrected chi connectivity index (χ3v) is 3.32. The van der Waals surface area contributed by atoms with E-state index in [2.05, 4.69) is 0 Å². The fourth-order valence-corrected chi connectivity index (χ4v) is 2.40. The van der Waals surface area contributed by atoms with Crippen molar-refractivity contribution in [2.75, 3.05) is 11.9 Å². The fraction of sp³-hybridized carbons (Fsp3) is 0.500. The molecule has 2 unspecified atom stereocenters. The molecule has 0 aromatic heterocycles. The zero-order valence-corrected chi connectivity index (χ0v) is 9.29. The summed E-state index contributed by atoms with van der Waals surface area (Å²) < 4.78 is 26.3. The second kappa shape index (κ2) is 4.37. The summed E-state index contributed by atoms with van der Waals surface area (Å²) >= 11 is 0. The van der Waals surface area contributed by atoms with Gasteiger partial charge in [0.25, 0.3) is 0 Å². The lowest BCUT2D eigenvalue weighted by Gasteiger charge is -2.30. The van der Waals surface area contributed by atoms with E-state index in [0.29, 0.717) is 5.69 Å². The SMILES string of the molecule is CN(c1ccc(F)cc1F)C1CCCC1N.